The van der Waals surface area contributed by atoms with E-state index in [0.29, 0.717) is 6.42 Å². The summed E-state index contributed by atoms with van der Waals surface area (Å²) < 4.78 is 5.48. The van der Waals surface area contributed by atoms with E-state index >= 15 is 0 Å². The standard InChI is InChI=1S/C13H18O2/c1-4-12(14)15-13(3,5-2)11-9-7-6-8-10-11/h6-10H,4-5H2,1-3H3. The number of carbonyl (C=O) groups excluding carboxylic acids is 1. The molecule has 0 aromatic heterocycles. The average molecular weight is 206 g/mol. The molecule has 1 atom stereocenters. The van der Waals surface area contributed by atoms with Crippen LogP contribution in [-0.2, 0) is 15.1 Å². The van der Waals surface area contributed by atoms with Crippen molar-refractivity contribution in [1.29, 1.82) is 0 Å². The number of esters is 1. The molecule has 2 heteroatoms. The van der Waals surface area contributed by atoms with E-state index in [2.05, 4.69) is 0 Å². The largest absolute Gasteiger partial charge is 0.454 e. The maximum Gasteiger partial charge on any atom is 0.306 e. The number of benzene rings is 1. The molecule has 0 aliphatic rings. The number of rotatable bonds is 4. The molecule has 0 saturated carbocycles. The summed E-state index contributed by atoms with van der Waals surface area (Å²) in [4.78, 5) is 11.3. The highest BCUT2D eigenvalue weighted by atomic mass is 16.6. The van der Waals surface area contributed by atoms with E-state index < -0.39 is 5.60 Å². The van der Waals surface area contributed by atoms with Crippen molar-refractivity contribution in [3.8, 4) is 0 Å². The molecule has 0 bridgehead atoms. The summed E-state index contributed by atoms with van der Waals surface area (Å²) in [5, 5.41) is 0. The second kappa shape index (κ2) is 4.96. The predicted octanol–water partition coefficient (Wildman–Crippen LogP) is 3.27. The number of hydrogen-bond donors (Lipinski definition) is 0. The van der Waals surface area contributed by atoms with Gasteiger partial charge >= 0.3 is 5.97 Å². The van der Waals surface area contributed by atoms with Crippen molar-refractivity contribution < 1.29 is 9.53 Å². The molecule has 0 aliphatic carbocycles. The minimum absolute atomic E-state index is 0.150. The highest BCUT2D eigenvalue weighted by Gasteiger charge is 2.28. The second-order valence-corrected chi connectivity index (χ2v) is 3.78. The molecule has 0 heterocycles. The molecular weight excluding hydrogens is 188 g/mol. The lowest BCUT2D eigenvalue weighted by atomic mass is 9.93. The van der Waals surface area contributed by atoms with Crippen molar-refractivity contribution in [2.45, 2.75) is 39.2 Å². The van der Waals surface area contributed by atoms with Gasteiger partial charge < -0.3 is 4.74 Å². The molecule has 0 amide bonds. The first-order chi connectivity index (χ1) is 7.12. The van der Waals surface area contributed by atoms with Gasteiger partial charge in [0.25, 0.3) is 0 Å². The zero-order valence-electron chi connectivity index (χ0n) is 9.62. The Bertz CT molecular complexity index is 319. The average Bonchev–Trinajstić information content (AvgIpc) is 2.30. The summed E-state index contributed by atoms with van der Waals surface area (Å²) in [5.74, 6) is -0.150. The van der Waals surface area contributed by atoms with Crippen LogP contribution in [0.15, 0.2) is 30.3 Å². The van der Waals surface area contributed by atoms with Crippen molar-refractivity contribution in [3.05, 3.63) is 35.9 Å². The molecule has 0 saturated heterocycles. The summed E-state index contributed by atoms with van der Waals surface area (Å²) in [6, 6.07) is 9.87. The van der Waals surface area contributed by atoms with E-state index in [1.807, 2.05) is 51.1 Å². The fraction of sp³-hybridized carbons (Fsp3) is 0.462. The van der Waals surface area contributed by atoms with Gasteiger partial charge in [-0.05, 0) is 18.9 Å². The van der Waals surface area contributed by atoms with Crippen LogP contribution in [0.25, 0.3) is 0 Å². The van der Waals surface area contributed by atoms with E-state index in [1.165, 1.54) is 0 Å². The zero-order chi connectivity index (χ0) is 11.3. The van der Waals surface area contributed by atoms with Gasteiger partial charge in [-0.15, -0.1) is 0 Å². The predicted molar refractivity (Wildman–Crippen MR) is 60.5 cm³/mol. The summed E-state index contributed by atoms with van der Waals surface area (Å²) in [5.41, 5.74) is 0.559. The highest BCUT2D eigenvalue weighted by Crippen LogP contribution is 2.29. The van der Waals surface area contributed by atoms with Gasteiger partial charge in [0, 0.05) is 6.42 Å². The maximum absolute atomic E-state index is 11.3. The molecule has 15 heavy (non-hydrogen) atoms. The number of carbonyl (C=O) groups is 1. The molecule has 82 valence electrons. The Labute approximate surface area is 91.3 Å². The first-order valence-corrected chi connectivity index (χ1v) is 5.39. The third kappa shape index (κ3) is 2.82. The van der Waals surface area contributed by atoms with Crippen LogP contribution >= 0.6 is 0 Å². The molecule has 0 radical (unpaired) electrons. The third-order valence-electron chi connectivity index (χ3n) is 2.69. The van der Waals surface area contributed by atoms with Crippen LogP contribution in [0.2, 0.25) is 0 Å². The van der Waals surface area contributed by atoms with Crippen molar-refractivity contribution in [1.82, 2.24) is 0 Å². The SMILES string of the molecule is CCC(=O)OC(C)(CC)c1ccccc1. The number of ether oxygens (including phenoxy) is 1. The Morgan fingerprint density at radius 1 is 1.27 bits per heavy atom. The minimum Gasteiger partial charge on any atom is -0.454 e. The molecule has 0 fully saturated rings. The molecule has 0 spiro atoms. The van der Waals surface area contributed by atoms with Gasteiger partial charge in [0.15, 0.2) is 0 Å². The fourth-order valence-corrected chi connectivity index (χ4v) is 1.45. The zero-order valence-corrected chi connectivity index (χ0v) is 9.62. The van der Waals surface area contributed by atoms with E-state index in [1.54, 1.807) is 0 Å². The van der Waals surface area contributed by atoms with Crippen LogP contribution in [0.5, 0.6) is 0 Å². The Balaban J connectivity index is 2.90. The quantitative estimate of drug-likeness (QED) is 0.707. The monoisotopic (exact) mass is 206 g/mol. The molecule has 1 unspecified atom stereocenters. The van der Waals surface area contributed by atoms with Crippen molar-refractivity contribution in [3.63, 3.8) is 0 Å². The van der Waals surface area contributed by atoms with E-state index in [4.69, 9.17) is 4.74 Å². The third-order valence-corrected chi connectivity index (χ3v) is 2.69. The Hall–Kier alpha value is -1.31. The topological polar surface area (TPSA) is 26.3 Å². The lowest BCUT2D eigenvalue weighted by Crippen LogP contribution is -2.28. The van der Waals surface area contributed by atoms with Crippen LogP contribution in [0.1, 0.15) is 39.2 Å². The van der Waals surface area contributed by atoms with Crippen LogP contribution in [0.3, 0.4) is 0 Å². The van der Waals surface area contributed by atoms with Crippen LogP contribution in [0.4, 0.5) is 0 Å². The van der Waals surface area contributed by atoms with Crippen LogP contribution < -0.4 is 0 Å². The van der Waals surface area contributed by atoms with E-state index in [9.17, 15) is 4.79 Å². The Kier molecular flexibility index (Phi) is 3.89. The van der Waals surface area contributed by atoms with Gasteiger partial charge in [-0.1, -0.05) is 44.2 Å². The molecule has 1 rings (SSSR count). The Morgan fingerprint density at radius 3 is 2.33 bits per heavy atom. The molecule has 0 aliphatic heterocycles. The van der Waals surface area contributed by atoms with Gasteiger partial charge in [-0.2, -0.15) is 0 Å². The van der Waals surface area contributed by atoms with Gasteiger partial charge in [0.05, 0.1) is 0 Å². The minimum atomic E-state index is -0.492. The summed E-state index contributed by atoms with van der Waals surface area (Å²) in [7, 11) is 0. The van der Waals surface area contributed by atoms with Gasteiger partial charge in [-0.3, -0.25) is 4.79 Å². The highest BCUT2D eigenvalue weighted by molar-refractivity contribution is 5.69. The first-order valence-electron chi connectivity index (χ1n) is 5.39. The first kappa shape index (κ1) is 11.8. The second-order valence-electron chi connectivity index (χ2n) is 3.78. The van der Waals surface area contributed by atoms with Gasteiger partial charge in [0.2, 0.25) is 0 Å². The lowest BCUT2D eigenvalue weighted by Gasteiger charge is -2.28. The molecule has 2 nitrogen and oxygen atoms in total. The van der Waals surface area contributed by atoms with Crippen molar-refractivity contribution >= 4 is 5.97 Å². The molecule has 1 aromatic rings. The molecule has 0 N–H and O–H groups in total. The maximum atomic E-state index is 11.3. The summed E-state index contributed by atoms with van der Waals surface area (Å²) in [6.07, 6.45) is 1.20. The number of hydrogen-bond acceptors (Lipinski definition) is 2. The lowest BCUT2D eigenvalue weighted by molar-refractivity contribution is -0.159. The van der Waals surface area contributed by atoms with Gasteiger partial charge in [0.1, 0.15) is 5.60 Å². The summed E-state index contributed by atoms with van der Waals surface area (Å²) in [6.45, 7) is 5.79. The normalized spacial score (nSPS) is 14.3. The molecular formula is C13H18O2. The Morgan fingerprint density at radius 2 is 1.87 bits per heavy atom. The van der Waals surface area contributed by atoms with E-state index in [-0.39, 0.29) is 5.97 Å². The van der Waals surface area contributed by atoms with Crippen LogP contribution in [-0.4, -0.2) is 5.97 Å². The summed E-state index contributed by atoms with van der Waals surface area (Å²) >= 11 is 0. The fourth-order valence-electron chi connectivity index (χ4n) is 1.45. The van der Waals surface area contributed by atoms with Gasteiger partial charge in [-0.25, -0.2) is 0 Å². The smallest absolute Gasteiger partial charge is 0.306 e. The van der Waals surface area contributed by atoms with Crippen molar-refractivity contribution in [2.24, 2.45) is 0 Å². The van der Waals surface area contributed by atoms with Crippen LogP contribution in [0, 0.1) is 0 Å². The molecule has 1 aromatic carbocycles. The van der Waals surface area contributed by atoms with E-state index in [0.717, 1.165) is 12.0 Å². The van der Waals surface area contributed by atoms with Crippen molar-refractivity contribution in [2.75, 3.05) is 0 Å².